The number of benzene rings is 1. The fraction of sp³-hybridized carbons (Fsp3) is 0.273. The second-order valence-corrected chi connectivity index (χ2v) is 5.47. The van der Waals surface area contributed by atoms with Crippen molar-refractivity contribution >= 4 is 35.0 Å². The van der Waals surface area contributed by atoms with Gasteiger partial charge in [-0.1, -0.05) is 41.0 Å². The second kappa shape index (κ2) is 5.93. The number of nitrogens with zero attached hydrogens (tertiary/aromatic N) is 3. The number of hydrogen-bond acceptors (Lipinski definition) is 4. The van der Waals surface area contributed by atoms with E-state index in [0.717, 1.165) is 16.5 Å². The van der Waals surface area contributed by atoms with Crippen LogP contribution < -0.4 is 5.73 Å². The minimum Gasteiger partial charge on any atom is -0.324 e. The Bertz CT molecular complexity index is 556. The van der Waals surface area contributed by atoms with E-state index in [0.29, 0.717) is 22.3 Å². The molecule has 0 bridgehead atoms. The molecule has 0 radical (unpaired) electrons. The van der Waals surface area contributed by atoms with Crippen molar-refractivity contribution in [1.29, 1.82) is 0 Å². The number of halogens is 2. The van der Waals surface area contributed by atoms with Crippen molar-refractivity contribution in [2.24, 2.45) is 12.8 Å². The van der Waals surface area contributed by atoms with Crippen LogP contribution in [0.1, 0.15) is 11.4 Å². The van der Waals surface area contributed by atoms with E-state index in [1.165, 1.54) is 0 Å². The largest absolute Gasteiger partial charge is 0.324 e. The molecule has 1 heterocycles. The van der Waals surface area contributed by atoms with E-state index in [1.54, 1.807) is 17.8 Å². The molecule has 0 aliphatic rings. The monoisotopic (exact) mass is 302 g/mol. The molecule has 0 fully saturated rings. The molecule has 0 saturated heterocycles. The molecule has 2 rings (SSSR count). The lowest BCUT2D eigenvalue weighted by Gasteiger charge is -2.05. The van der Waals surface area contributed by atoms with E-state index in [2.05, 4.69) is 10.2 Å². The van der Waals surface area contributed by atoms with Gasteiger partial charge in [0.05, 0.1) is 6.54 Å². The Kier molecular flexibility index (Phi) is 4.50. The van der Waals surface area contributed by atoms with Gasteiger partial charge in [-0.2, -0.15) is 0 Å². The first kappa shape index (κ1) is 13.7. The summed E-state index contributed by atoms with van der Waals surface area (Å²) >= 11 is 13.5. The summed E-state index contributed by atoms with van der Waals surface area (Å²) in [4.78, 5) is 0. The van der Waals surface area contributed by atoms with E-state index < -0.39 is 0 Å². The predicted octanol–water partition coefficient (Wildman–Crippen LogP) is 2.87. The molecule has 96 valence electrons. The Balaban J connectivity index is 2.09. The quantitative estimate of drug-likeness (QED) is 0.882. The smallest absolute Gasteiger partial charge is 0.191 e. The van der Waals surface area contributed by atoms with Crippen molar-refractivity contribution in [3.05, 3.63) is 39.6 Å². The van der Waals surface area contributed by atoms with Gasteiger partial charge in [0.15, 0.2) is 5.16 Å². The molecule has 0 unspecified atom stereocenters. The van der Waals surface area contributed by atoms with Crippen LogP contribution in [0, 0.1) is 0 Å². The van der Waals surface area contributed by atoms with E-state index in [-0.39, 0.29) is 0 Å². The zero-order valence-electron chi connectivity index (χ0n) is 9.73. The van der Waals surface area contributed by atoms with Crippen molar-refractivity contribution in [2.45, 2.75) is 17.5 Å². The first-order valence-electron chi connectivity index (χ1n) is 5.27. The number of thioether (sulfide) groups is 1. The van der Waals surface area contributed by atoms with Gasteiger partial charge in [-0.25, -0.2) is 0 Å². The van der Waals surface area contributed by atoms with Crippen molar-refractivity contribution in [1.82, 2.24) is 14.8 Å². The summed E-state index contributed by atoms with van der Waals surface area (Å²) in [6, 6.07) is 5.48. The predicted molar refractivity (Wildman–Crippen MR) is 74.9 cm³/mol. The summed E-state index contributed by atoms with van der Waals surface area (Å²) in [7, 11) is 1.90. The fourth-order valence-electron chi connectivity index (χ4n) is 1.43. The summed E-state index contributed by atoms with van der Waals surface area (Å²) < 4.78 is 1.88. The molecule has 2 N–H and O–H groups in total. The lowest BCUT2D eigenvalue weighted by molar-refractivity contribution is 0.734. The van der Waals surface area contributed by atoms with E-state index in [4.69, 9.17) is 28.9 Å². The van der Waals surface area contributed by atoms with Crippen LogP contribution in [-0.2, 0) is 19.3 Å². The summed E-state index contributed by atoms with van der Waals surface area (Å²) in [5, 5.41) is 10.2. The summed E-state index contributed by atoms with van der Waals surface area (Å²) in [5.74, 6) is 1.48. The van der Waals surface area contributed by atoms with E-state index in [1.807, 2.05) is 23.7 Å². The molecular formula is C11H12Cl2N4S. The Morgan fingerprint density at radius 2 is 2.11 bits per heavy atom. The average molecular weight is 303 g/mol. The van der Waals surface area contributed by atoms with Gasteiger partial charge in [-0.15, -0.1) is 10.2 Å². The van der Waals surface area contributed by atoms with Crippen LogP contribution in [-0.4, -0.2) is 14.8 Å². The number of aromatic nitrogens is 3. The normalized spacial score (nSPS) is 10.9. The number of rotatable bonds is 4. The first-order valence-corrected chi connectivity index (χ1v) is 7.01. The molecule has 1 aromatic heterocycles. The van der Waals surface area contributed by atoms with Crippen LogP contribution >= 0.6 is 35.0 Å². The molecule has 0 saturated carbocycles. The van der Waals surface area contributed by atoms with Gasteiger partial charge in [-0.05, 0) is 17.7 Å². The Morgan fingerprint density at radius 1 is 1.33 bits per heavy atom. The van der Waals surface area contributed by atoms with Crippen molar-refractivity contribution in [3.63, 3.8) is 0 Å². The van der Waals surface area contributed by atoms with Crippen LogP contribution in [0.15, 0.2) is 23.4 Å². The minimum atomic E-state index is 0.381. The molecule has 0 aliphatic carbocycles. The van der Waals surface area contributed by atoms with Gasteiger partial charge < -0.3 is 10.3 Å². The minimum absolute atomic E-state index is 0.381. The molecule has 1 aromatic carbocycles. The topological polar surface area (TPSA) is 56.7 Å². The van der Waals surface area contributed by atoms with E-state index in [9.17, 15) is 0 Å². The molecule has 4 nitrogen and oxygen atoms in total. The Hall–Kier alpha value is -0.750. The first-order chi connectivity index (χ1) is 8.61. The summed E-state index contributed by atoms with van der Waals surface area (Å²) in [6.07, 6.45) is 0. The lowest BCUT2D eigenvalue weighted by Crippen LogP contribution is -2.05. The number of nitrogens with two attached hydrogens (primary N) is 1. The van der Waals surface area contributed by atoms with Crippen LogP contribution in [0.3, 0.4) is 0 Å². The van der Waals surface area contributed by atoms with Crippen molar-refractivity contribution in [2.75, 3.05) is 0 Å². The van der Waals surface area contributed by atoms with Crippen LogP contribution in [0.5, 0.6) is 0 Å². The molecule has 18 heavy (non-hydrogen) atoms. The maximum atomic E-state index is 6.11. The maximum Gasteiger partial charge on any atom is 0.191 e. The molecule has 2 aromatic rings. The van der Waals surface area contributed by atoms with Gasteiger partial charge in [0, 0.05) is 22.8 Å². The van der Waals surface area contributed by atoms with Gasteiger partial charge in [0.2, 0.25) is 0 Å². The third kappa shape index (κ3) is 2.98. The molecule has 0 spiro atoms. The summed E-state index contributed by atoms with van der Waals surface area (Å²) in [6.45, 7) is 0.381. The number of hydrogen-bond donors (Lipinski definition) is 1. The molecule has 7 heteroatoms. The van der Waals surface area contributed by atoms with Gasteiger partial charge in [0.25, 0.3) is 0 Å². The Morgan fingerprint density at radius 3 is 2.72 bits per heavy atom. The van der Waals surface area contributed by atoms with Crippen LogP contribution in [0.2, 0.25) is 10.0 Å². The highest BCUT2D eigenvalue weighted by Crippen LogP contribution is 2.27. The fourth-order valence-corrected chi connectivity index (χ4v) is 2.92. The maximum absolute atomic E-state index is 6.11. The average Bonchev–Trinajstić information content (AvgIpc) is 2.69. The SMILES string of the molecule is Cn1c(CN)nnc1SCc1ccc(Cl)cc1Cl. The lowest BCUT2D eigenvalue weighted by atomic mass is 10.2. The van der Waals surface area contributed by atoms with E-state index >= 15 is 0 Å². The molecular weight excluding hydrogens is 291 g/mol. The zero-order chi connectivity index (χ0) is 13.1. The van der Waals surface area contributed by atoms with Crippen LogP contribution in [0.25, 0.3) is 0 Å². The summed E-state index contributed by atoms with van der Waals surface area (Å²) in [5.41, 5.74) is 6.56. The van der Waals surface area contributed by atoms with Gasteiger partial charge in [-0.3, -0.25) is 0 Å². The van der Waals surface area contributed by atoms with Crippen LogP contribution in [0.4, 0.5) is 0 Å². The highest BCUT2D eigenvalue weighted by atomic mass is 35.5. The standard InChI is InChI=1S/C11H12Cl2N4S/c1-17-10(5-14)15-16-11(17)18-6-7-2-3-8(12)4-9(7)13/h2-4H,5-6,14H2,1H3. The highest BCUT2D eigenvalue weighted by molar-refractivity contribution is 7.98. The highest BCUT2D eigenvalue weighted by Gasteiger charge is 2.09. The molecule has 0 amide bonds. The second-order valence-electron chi connectivity index (χ2n) is 3.69. The molecule has 0 atom stereocenters. The van der Waals surface area contributed by atoms with Gasteiger partial charge >= 0.3 is 0 Å². The molecule has 0 aliphatic heterocycles. The van der Waals surface area contributed by atoms with Crippen molar-refractivity contribution < 1.29 is 0 Å². The third-order valence-corrected chi connectivity index (χ3v) is 4.14. The van der Waals surface area contributed by atoms with Gasteiger partial charge in [0.1, 0.15) is 5.82 Å². The van der Waals surface area contributed by atoms with Crippen molar-refractivity contribution in [3.8, 4) is 0 Å². The zero-order valence-corrected chi connectivity index (χ0v) is 12.1. The third-order valence-electron chi connectivity index (χ3n) is 2.48. The Labute approximate surface area is 119 Å².